The zero-order chi connectivity index (χ0) is 13.4. The molecule has 0 aromatic heterocycles. The SMILES string of the molecule is CCNC(COC(C)C)C(CC)c1ccccc1. The van der Waals surface area contributed by atoms with E-state index in [0.29, 0.717) is 18.1 Å². The highest BCUT2D eigenvalue weighted by molar-refractivity contribution is 5.21. The van der Waals surface area contributed by atoms with Crippen LogP contribution in [0.25, 0.3) is 0 Å². The Morgan fingerprint density at radius 3 is 2.28 bits per heavy atom. The van der Waals surface area contributed by atoms with Crippen molar-refractivity contribution in [2.75, 3.05) is 13.2 Å². The average Bonchev–Trinajstić information content (AvgIpc) is 2.38. The molecule has 0 aliphatic carbocycles. The van der Waals surface area contributed by atoms with Gasteiger partial charge in [-0.25, -0.2) is 0 Å². The number of nitrogens with one attached hydrogen (secondary N) is 1. The van der Waals surface area contributed by atoms with E-state index < -0.39 is 0 Å². The Morgan fingerprint density at radius 1 is 1.11 bits per heavy atom. The van der Waals surface area contributed by atoms with Crippen molar-refractivity contribution in [2.24, 2.45) is 0 Å². The normalized spacial score (nSPS) is 14.7. The summed E-state index contributed by atoms with van der Waals surface area (Å²) < 4.78 is 5.80. The van der Waals surface area contributed by atoms with Gasteiger partial charge in [-0.05, 0) is 32.4 Å². The molecule has 0 heterocycles. The highest BCUT2D eigenvalue weighted by Crippen LogP contribution is 2.23. The Hall–Kier alpha value is -0.860. The third kappa shape index (κ3) is 4.79. The summed E-state index contributed by atoms with van der Waals surface area (Å²) >= 11 is 0. The lowest BCUT2D eigenvalue weighted by molar-refractivity contribution is 0.0555. The maximum atomic E-state index is 5.80. The van der Waals surface area contributed by atoms with Gasteiger partial charge in [0, 0.05) is 12.0 Å². The van der Waals surface area contributed by atoms with E-state index in [1.54, 1.807) is 0 Å². The zero-order valence-corrected chi connectivity index (χ0v) is 12.1. The van der Waals surface area contributed by atoms with E-state index >= 15 is 0 Å². The topological polar surface area (TPSA) is 21.3 Å². The second-order valence-electron chi connectivity index (χ2n) is 4.97. The van der Waals surface area contributed by atoms with Crippen LogP contribution in [0.3, 0.4) is 0 Å². The maximum absolute atomic E-state index is 5.80. The molecule has 1 aromatic carbocycles. The molecular formula is C16H27NO. The standard InChI is InChI=1S/C16H27NO/c1-5-15(14-10-8-7-9-11-14)16(17-6-2)12-18-13(3)4/h7-11,13,15-17H,5-6,12H2,1-4H3. The van der Waals surface area contributed by atoms with Crippen LogP contribution < -0.4 is 5.32 Å². The summed E-state index contributed by atoms with van der Waals surface area (Å²) in [6.07, 6.45) is 1.42. The van der Waals surface area contributed by atoms with Gasteiger partial charge in [-0.3, -0.25) is 0 Å². The second kappa shape index (κ2) is 8.28. The van der Waals surface area contributed by atoms with Gasteiger partial charge in [-0.2, -0.15) is 0 Å². The molecule has 2 unspecified atom stereocenters. The second-order valence-corrected chi connectivity index (χ2v) is 4.97. The van der Waals surface area contributed by atoms with Gasteiger partial charge in [0.25, 0.3) is 0 Å². The highest BCUT2D eigenvalue weighted by Gasteiger charge is 2.21. The third-order valence-electron chi connectivity index (χ3n) is 3.23. The Bertz CT molecular complexity index is 310. The van der Waals surface area contributed by atoms with Crippen molar-refractivity contribution in [3.8, 4) is 0 Å². The number of hydrogen-bond acceptors (Lipinski definition) is 2. The lowest BCUT2D eigenvalue weighted by Gasteiger charge is -2.28. The first kappa shape index (κ1) is 15.2. The molecule has 1 aromatic rings. The van der Waals surface area contributed by atoms with E-state index in [2.05, 4.69) is 63.3 Å². The quantitative estimate of drug-likeness (QED) is 0.760. The van der Waals surface area contributed by atoms with Crippen molar-refractivity contribution in [1.82, 2.24) is 5.32 Å². The first-order valence-electron chi connectivity index (χ1n) is 7.08. The summed E-state index contributed by atoms with van der Waals surface area (Å²) in [5, 5.41) is 3.56. The van der Waals surface area contributed by atoms with Crippen LogP contribution in [0.4, 0.5) is 0 Å². The molecule has 0 aliphatic rings. The predicted octanol–water partition coefficient (Wildman–Crippen LogP) is 3.58. The molecule has 2 atom stereocenters. The van der Waals surface area contributed by atoms with Crippen molar-refractivity contribution in [3.05, 3.63) is 35.9 Å². The van der Waals surface area contributed by atoms with Crippen LogP contribution in [0.2, 0.25) is 0 Å². The average molecular weight is 249 g/mol. The zero-order valence-electron chi connectivity index (χ0n) is 12.1. The summed E-state index contributed by atoms with van der Waals surface area (Å²) in [6.45, 7) is 10.3. The minimum atomic E-state index is 0.291. The monoisotopic (exact) mass is 249 g/mol. The summed E-state index contributed by atoms with van der Waals surface area (Å²) in [4.78, 5) is 0. The van der Waals surface area contributed by atoms with Gasteiger partial charge in [0.2, 0.25) is 0 Å². The minimum Gasteiger partial charge on any atom is -0.377 e. The van der Waals surface area contributed by atoms with Gasteiger partial charge in [0.15, 0.2) is 0 Å². The predicted molar refractivity (Wildman–Crippen MR) is 78.0 cm³/mol. The minimum absolute atomic E-state index is 0.291. The fourth-order valence-corrected chi connectivity index (χ4v) is 2.33. The summed E-state index contributed by atoms with van der Waals surface area (Å²) in [7, 11) is 0. The van der Waals surface area contributed by atoms with E-state index in [4.69, 9.17) is 4.74 Å². The molecule has 0 fully saturated rings. The van der Waals surface area contributed by atoms with Gasteiger partial charge < -0.3 is 10.1 Å². The van der Waals surface area contributed by atoms with Gasteiger partial charge >= 0.3 is 0 Å². The molecule has 0 spiro atoms. The number of ether oxygens (including phenoxy) is 1. The fraction of sp³-hybridized carbons (Fsp3) is 0.625. The molecule has 1 N–H and O–H groups in total. The molecule has 2 nitrogen and oxygen atoms in total. The largest absolute Gasteiger partial charge is 0.377 e. The van der Waals surface area contributed by atoms with E-state index in [-0.39, 0.29) is 0 Å². The molecule has 0 saturated heterocycles. The van der Waals surface area contributed by atoms with Crippen molar-refractivity contribution >= 4 is 0 Å². The number of likely N-dealkylation sites (N-methyl/N-ethyl adjacent to an activating group) is 1. The van der Waals surface area contributed by atoms with Crippen molar-refractivity contribution in [1.29, 1.82) is 0 Å². The van der Waals surface area contributed by atoms with Gasteiger partial charge in [-0.1, -0.05) is 44.2 Å². The smallest absolute Gasteiger partial charge is 0.0629 e. The van der Waals surface area contributed by atoms with Gasteiger partial charge in [-0.15, -0.1) is 0 Å². The molecule has 18 heavy (non-hydrogen) atoms. The lowest BCUT2D eigenvalue weighted by Crippen LogP contribution is -2.39. The van der Waals surface area contributed by atoms with E-state index in [9.17, 15) is 0 Å². The third-order valence-corrected chi connectivity index (χ3v) is 3.23. The molecule has 0 radical (unpaired) electrons. The Balaban J connectivity index is 2.74. The first-order chi connectivity index (χ1) is 8.69. The summed E-state index contributed by atoms with van der Waals surface area (Å²) in [6, 6.07) is 11.1. The van der Waals surface area contributed by atoms with Crippen molar-refractivity contribution in [3.63, 3.8) is 0 Å². The van der Waals surface area contributed by atoms with Gasteiger partial charge in [0.1, 0.15) is 0 Å². The number of rotatable bonds is 8. The molecule has 0 aliphatic heterocycles. The van der Waals surface area contributed by atoms with Crippen LogP contribution in [0.15, 0.2) is 30.3 Å². The van der Waals surface area contributed by atoms with Crippen LogP contribution in [-0.2, 0) is 4.74 Å². The molecule has 0 amide bonds. The number of benzene rings is 1. The molecule has 0 saturated carbocycles. The van der Waals surface area contributed by atoms with E-state index in [1.807, 2.05) is 0 Å². The van der Waals surface area contributed by atoms with Crippen LogP contribution in [-0.4, -0.2) is 25.3 Å². The van der Waals surface area contributed by atoms with E-state index in [1.165, 1.54) is 5.56 Å². The van der Waals surface area contributed by atoms with Crippen LogP contribution in [0.5, 0.6) is 0 Å². The summed E-state index contributed by atoms with van der Waals surface area (Å²) in [5.74, 6) is 0.518. The van der Waals surface area contributed by atoms with Crippen LogP contribution in [0, 0.1) is 0 Å². The molecule has 2 heteroatoms. The maximum Gasteiger partial charge on any atom is 0.0629 e. The molecular weight excluding hydrogens is 222 g/mol. The van der Waals surface area contributed by atoms with Crippen molar-refractivity contribution < 1.29 is 4.74 Å². The highest BCUT2D eigenvalue weighted by atomic mass is 16.5. The number of hydrogen-bond donors (Lipinski definition) is 1. The van der Waals surface area contributed by atoms with Crippen LogP contribution >= 0.6 is 0 Å². The first-order valence-corrected chi connectivity index (χ1v) is 7.08. The Kier molecular flexibility index (Phi) is 6.99. The Labute approximate surface area is 112 Å². The van der Waals surface area contributed by atoms with Crippen LogP contribution in [0.1, 0.15) is 45.6 Å². The van der Waals surface area contributed by atoms with E-state index in [0.717, 1.165) is 19.6 Å². The Morgan fingerprint density at radius 2 is 1.78 bits per heavy atom. The lowest BCUT2D eigenvalue weighted by atomic mass is 9.89. The van der Waals surface area contributed by atoms with Gasteiger partial charge in [0.05, 0.1) is 12.7 Å². The molecule has 102 valence electrons. The molecule has 0 bridgehead atoms. The summed E-state index contributed by atoms with van der Waals surface area (Å²) in [5.41, 5.74) is 1.40. The van der Waals surface area contributed by atoms with Crippen molar-refractivity contribution in [2.45, 2.75) is 52.2 Å². The fourth-order valence-electron chi connectivity index (χ4n) is 2.33. The molecule has 1 rings (SSSR count).